The summed E-state index contributed by atoms with van der Waals surface area (Å²) in [6.45, 7) is 4.90. The molecule has 2 fully saturated rings. The van der Waals surface area contributed by atoms with E-state index in [-0.39, 0.29) is 0 Å². The van der Waals surface area contributed by atoms with Gasteiger partial charge in [-0.3, -0.25) is 0 Å². The molecule has 2 rings (SSSR count). The largest absolute Gasteiger partial charge is 0.381 e. The van der Waals surface area contributed by atoms with Crippen molar-refractivity contribution in [3.63, 3.8) is 0 Å². The highest BCUT2D eigenvalue weighted by molar-refractivity contribution is 7.91. The number of sulfone groups is 1. The fourth-order valence-electron chi connectivity index (χ4n) is 3.27. The predicted octanol–water partition coefficient (Wildman–Crippen LogP) is 1.61. The number of rotatable bonds is 6. The Bertz CT molecular complexity index is 363. The van der Waals surface area contributed by atoms with Crippen molar-refractivity contribution in [2.45, 2.75) is 45.1 Å². The summed E-state index contributed by atoms with van der Waals surface area (Å²) in [5.41, 5.74) is 0. The molecular weight excluding hydrogens is 262 g/mol. The van der Waals surface area contributed by atoms with Gasteiger partial charge in [0.25, 0.3) is 0 Å². The molecule has 112 valence electrons. The summed E-state index contributed by atoms with van der Waals surface area (Å²) in [6.07, 6.45) is 5.30. The Morgan fingerprint density at radius 1 is 1.37 bits per heavy atom. The summed E-state index contributed by atoms with van der Waals surface area (Å²) in [7, 11) is -2.75. The van der Waals surface area contributed by atoms with Crippen LogP contribution in [0.1, 0.15) is 39.0 Å². The second-order valence-electron chi connectivity index (χ2n) is 6.04. The molecule has 5 heteroatoms. The van der Waals surface area contributed by atoms with Gasteiger partial charge in [0.2, 0.25) is 0 Å². The lowest BCUT2D eigenvalue weighted by atomic mass is 9.86. The van der Waals surface area contributed by atoms with Crippen LogP contribution < -0.4 is 5.32 Å². The third-order valence-corrected chi connectivity index (χ3v) is 6.17. The van der Waals surface area contributed by atoms with Crippen molar-refractivity contribution in [2.24, 2.45) is 11.8 Å². The van der Waals surface area contributed by atoms with Crippen molar-refractivity contribution in [3.8, 4) is 0 Å². The van der Waals surface area contributed by atoms with Crippen LogP contribution >= 0.6 is 0 Å². The highest BCUT2D eigenvalue weighted by atomic mass is 32.2. The number of nitrogens with one attached hydrogen (secondary N) is 1. The van der Waals surface area contributed by atoms with Gasteiger partial charge in [-0.2, -0.15) is 0 Å². The molecule has 19 heavy (non-hydrogen) atoms. The minimum Gasteiger partial charge on any atom is -0.381 e. The molecule has 2 aliphatic rings. The van der Waals surface area contributed by atoms with Crippen molar-refractivity contribution in [2.75, 3.05) is 31.3 Å². The molecule has 0 saturated carbocycles. The Labute approximate surface area is 117 Å². The molecule has 0 aromatic carbocycles. The lowest BCUT2D eigenvalue weighted by Gasteiger charge is -2.32. The Morgan fingerprint density at radius 2 is 2.21 bits per heavy atom. The van der Waals surface area contributed by atoms with Crippen molar-refractivity contribution < 1.29 is 13.2 Å². The summed E-state index contributed by atoms with van der Waals surface area (Å²) in [5.74, 6) is 1.69. The highest BCUT2D eigenvalue weighted by Crippen LogP contribution is 2.28. The monoisotopic (exact) mass is 289 g/mol. The second-order valence-corrected chi connectivity index (χ2v) is 8.27. The van der Waals surface area contributed by atoms with Crippen LogP contribution in [0.25, 0.3) is 0 Å². The molecule has 4 nitrogen and oxygen atoms in total. The number of hydrogen-bond donors (Lipinski definition) is 1. The molecular formula is C14H27NO3S. The van der Waals surface area contributed by atoms with Crippen LogP contribution in [0.5, 0.6) is 0 Å². The lowest BCUT2D eigenvalue weighted by molar-refractivity contribution is 0.0358. The minimum absolute atomic E-state index is 0.348. The summed E-state index contributed by atoms with van der Waals surface area (Å²) >= 11 is 0. The van der Waals surface area contributed by atoms with Gasteiger partial charge in [0.1, 0.15) is 0 Å². The Kier molecular flexibility index (Phi) is 5.66. The lowest BCUT2D eigenvalue weighted by Crippen LogP contribution is -2.42. The summed E-state index contributed by atoms with van der Waals surface area (Å²) in [5, 5.41) is 3.62. The predicted molar refractivity (Wildman–Crippen MR) is 77.0 cm³/mol. The fraction of sp³-hybridized carbons (Fsp3) is 1.00. The normalized spacial score (nSPS) is 32.3. The first-order valence-corrected chi connectivity index (χ1v) is 9.44. The molecule has 2 aliphatic heterocycles. The van der Waals surface area contributed by atoms with Gasteiger partial charge in [-0.15, -0.1) is 0 Å². The van der Waals surface area contributed by atoms with E-state index >= 15 is 0 Å². The summed E-state index contributed by atoms with van der Waals surface area (Å²) < 4.78 is 28.7. The number of ether oxygens (including phenoxy) is 1. The summed E-state index contributed by atoms with van der Waals surface area (Å²) in [6, 6.07) is 0.429. The Hall–Kier alpha value is -0.130. The number of hydrogen-bond acceptors (Lipinski definition) is 4. The molecule has 2 heterocycles. The zero-order valence-electron chi connectivity index (χ0n) is 11.9. The zero-order chi connectivity index (χ0) is 13.7. The van der Waals surface area contributed by atoms with E-state index in [1.54, 1.807) is 0 Å². The summed E-state index contributed by atoms with van der Waals surface area (Å²) in [4.78, 5) is 0. The average molecular weight is 289 g/mol. The average Bonchev–Trinajstić information content (AvgIpc) is 2.75. The third kappa shape index (κ3) is 4.72. The standard InChI is InChI=1S/C14H27NO3S/c1-2-6-15-14(13-4-3-7-18-10-13)9-12-5-8-19(16,17)11-12/h12-15H,2-11H2,1H3. The van der Waals surface area contributed by atoms with Gasteiger partial charge < -0.3 is 10.1 Å². The quantitative estimate of drug-likeness (QED) is 0.807. The molecule has 3 unspecified atom stereocenters. The van der Waals surface area contributed by atoms with Gasteiger partial charge in [-0.25, -0.2) is 8.42 Å². The smallest absolute Gasteiger partial charge is 0.150 e. The molecule has 0 aromatic rings. The highest BCUT2D eigenvalue weighted by Gasteiger charge is 2.32. The van der Waals surface area contributed by atoms with E-state index in [2.05, 4.69) is 12.2 Å². The molecule has 2 saturated heterocycles. The van der Waals surface area contributed by atoms with Crippen LogP contribution in [0.15, 0.2) is 0 Å². The van der Waals surface area contributed by atoms with Gasteiger partial charge in [0, 0.05) is 12.6 Å². The van der Waals surface area contributed by atoms with Gasteiger partial charge >= 0.3 is 0 Å². The second kappa shape index (κ2) is 7.04. The van der Waals surface area contributed by atoms with E-state index in [0.717, 1.165) is 45.4 Å². The molecule has 0 amide bonds. The molecule has 3 atom stereocenters. The van der Waals surface area contributed by atoms with Crippen molar-refractivity contribution >= 4 is 9.84 Å². The van der Waals surface area contributed by atoms with E-state index in [1.165, 1.54) is 6.42 Å². The van der Waals surface area contributed by atoms with Gasteiger partial charge in [-0.1, -0.05) is 6.92 Å². The third-order valence-electron chi connectivity index (χ3n) is 4.34. The topological polar surface area (TPSA) is 55.4 Å². The van der Waals surface area contributed by atoms with Crippen LogP contribution in [-0.4, -0.2) is 45.7 Å². The first-order valence-electron chi connectivity index (χ1n) is 7.62. The molecule has 0 radical (unpaired) electrons. The maximum atomic E-state index is 11.6. The van der Waals surface area contributed by atoms with Crippen LogP contribution in [0.2, 0.25) is 0 Å². The first-order chi connectivity index (χ1) is 9.11. The van der Waals surface area contributed by atoms with Crippen LogP contribution in [-0.2, 0) is 14.6 Å². The van der Waals surface area contributed by atoms with E-state index < -0.39 is 9.84 Å². The Balaban J connectivity index is 1.89. The van der Waals surface area contributed by atoms with Crippen molar-refractivity contribution in [1.82, 2.24) is 5.32 Å². The molecule has 0 aromatic heterocycles. The van der Waals surface area contributed by atoms with Crippen molar-refractivity contribution in [1.29, 1.82) is 0 Å². The van der Waals surface area contributed by atoms with E-state index in [0.29, 0.717) is 29.4 Å². The maximum Gasteiger partial charge on any atom is 0.150 e. The van der Waals surface area contributed by atoms with Gasteiger partial charge in [0.15, 0.2) is 9.84 Å². The van der Waals surface area contributed by atoms with Gasteiger partial charge in [0.05, 0.1) is 18.1 Å². The molecule has 1 N–H and O–H groups in total. The minimum atomic E-state index is -2.75. The zero-order valence-corrected chi connectivity index (χ0v) is 12.8. The van der Waals surface area contributed by atoms with Crippen molar-refractivity contribution in [3.05, 3.63) is 0 Å². The Morgan fingerprint density at radius 3 is 2.79 bits per heavy atom. The van der Waals surface area contributed by atoms with E-state index in [1.807, 2.05) is 0 Å². The first kappa shape index (κ1) is 15.3. The van der Waals surface area contributed by atoms with E-state index in [9.17, 15) is 8.42 Å². The fourth-order valence-corrected chi connectivity index (χ4v) is 5.15. The molecule has 0 spiro atoms. The molecule has 0 bridgehead atoms. The van der Waals surface area contributed by atoms with Gasteiger partial charge in [-0.05, 0) is 50.5 Å². The van der Waals surface area contributed by atoms with Crippen LogP contribution in [0.4, 0.5) is 0 Å². The van der Waals surface area contributed by atoms with Crippen LogP contribution in [0, 0.1) is 11.8 Å². The maximum absolute atomic E-state index is 11.6. The molecule has 0 aliphatic carbocycles. The SMILES string of the molecule is CCCNC(CC1CCS(=O)(=O)C1)C1CCCOC1. The van der Waals surface area contributed by atoms with Crippen LogP contribution in [0.3, 0.4) is 0 Å². The van der Waals surface area contributed by atoms with E-state index in [4.69, 9.17) is 4.74 Å².